The molecule has 5 N–H and O–H groups in total. The lowest BCUT2D eigenvalue weighted by atomic mass is 10.1. The van der Waals surface area contributed by atoms with Crippen LogP contribution < -0.4 is 21.5 Å². The van der Waals surface area contributed by atoms with Crippen molar-refractivity contribution in [3.63, 3.8) is 0 Å². The van der Waals surface area contributed by atoms with E-state index in [-0.39, 0.29) is 18.2 Å². The van der Waals surface area contributed by atoms with Crippen LogP contribution in [0.3, 0.4) is 0 Å². The molecule has 0 spiro atoms. The van der Waals surface area contributed by atoms with E-state index in [1.54, 1.807) is 12.1 Å². The van der Waals surface area contributed by atoms with Gasteiger partial charge >= 0.3 is 0 Å². The molecule has 0 aliphatic heterocycles. The smallest absolute Gasteiger partial charge is 0.255 e. The Kier molecular flexibility index (Phi) is 4.74. The van der Waals surface area contributed by atoms with Gasteiger partial charge in [0.05, 0.1) is 5.69 Å². The summed E-state index contributed by atoms with van der Waals surface area (Å²) in [6, 6.07) is 4.53. The fourth-order valence-corrected chi connectivity index (χ4v) is 1.24. The average Bonchev–Trinajstić information content (AvgIpc) is 2.34. The van der Waals surface area contributed by atoms with Crippen LogP contribution in [0.2, 0.25) is 0 Å². The third-order valence-corrected chi connectivity index (χ3v) is 2.05. The zero-order valence-electron chi connectivity index (χ0n) is 9.81. The van der Waals surface area contributed by atoms with E-state index >= 15 is 0 Å². The molecule has 6 heteroatoms. The van der Waals surface area contributed by atoms with Gasteiger partial charge in [-0.05, 0) is 18.2 Å². The van der Waals surface area contributed by atoms with E-state index in [1.807, 2.05) is 0 Å². The SMILES string of the molecule is C=CCNC(=O)c1ccc(OCC(N)=O)c(N)c1. The van der Waals surface area contributed by atoms with E-state index in [0.29, 0.717) is 17.9 Å². The quantitative estimate of drug-likeness (QED) is 0.489. The van der Waals surface area contributed by atoms with Crippen molar-refractivity contribution in [3.8, 4) is 5.75 Å². The van der Waals surface area contributed by atoms with Gasteiger partial charge in [0.15, 0.2) is 6.61 Å². The summed E-state index contributed by atoms with van der Waals surface area (Å²) in [5, 5.41) is 2.62. The maximum absolute atomic E-state index is 11.6. The molecule has 0 saturated heterocycles. The zero-order chi connectivity index (χ0) is 13.5. The number of hydrogen-bond acceptors (Lipinski definition) is 4. The van der Waals surface area contributed by atoms with Crippen LogP contribution in [-0.4, -0.2) is 25.0 Å². The molecule has 96 valence electrons. The Morgan fingerprint density at radius 3 is 2.72 bits per heavy atom. The van der Waals surface area contributed by atoms with Gasteiger partial charge in [-0.25, -0.2) is 0 Å². The Labute approximate surface area is 105 Å². The van der Waals surface area contributed by atoms with E-state index in [2.05, 4.69) is 11.9 Å². The van der Waals surface area contributed by atoms with Gasteiger partial charge in [0.1, 0.15) is 5.75 Å². The van der Waals surface area contributed by atoms with E-state index in [4.69, 9.17) is 16.2 Å². The van der Waals surface area contributed by atoms with Gasteiger partial charge in [0, 0.05) is 12.1 Å². The van der Waals surface area contributed by atoms with Crippen molar-refractivity contribution in [2.24, 2.45) is 5.73 Å². The van der Waals surface area contributed by atoms with Gasteiger partial charge in [0.2, 0.25) is 0 Å². The molecule has 0 aliphatic carbocycles. The molecule has 0 unspecified atom stereocenters. The molecule has 0 fully saturated rings. The van der Waals surface area contributed by atoms with Crippen molar-refractivity contribution in [1.29, 1.82) is 0 Å². The molecule has 0 aliphatic rings. The monoisotopic (exact) mass is 249 g/mol. The van der Waals surface area contributed by atoms with E-state index in [0.717, 1.165) is 0 Å². The van der Waals surface area contributed by atoms with Crippen LogP contribution in [0.1, 0.15) is 10.4 Å². The summed E-state index contributed by atoms with van der Waals surface area (Å²) in [7, 11) is 0. The van der Waals surface area contributed by atoms with Crippen LogP contribution in [0.4, 0.5) is 5.69 Å². The number of ether oxygens (including phenoxy) is 1. The number of nitrogens with two attached hydrogens (primary N) is 2. The van der Waals surface area contributed by atoms with Crippen LogP contribution in [0.25, 0.3) is 0 Å². The van der Waals surface area contributed by atoms with Crippen molar-refractivity contribution >= 4 is 17.5 Å². The molecular formula is C12H15N3O3. The Morgan fingerprint density at radius 2 is 2.17 bits per heavy atom. The third-order valence-electron chi connectivity index (χ3n) is 2.05. The first-order chi connectivity index (χ1) is 8.54. The molecule has 0 saturated carbocycles. The predicted molar refractivity (Wildman–Crippen MR) is 68.1 cm³/mol. The molecule has 0 aromatic heterocycles. The molecule has 18 heavy (non-hydrogen) atoms. The number of primary amides is 1. The second-order valence-corrected chi connectivity index (χ2v) is 3.51. The molecule has 0 atom stereocenters. The summed E-state index contributed by atoms with van der Waals surface area (Å²) in [6.45, 7) is 3.61. The normalized spacial score (nSPS) is 9.56. The van der Waals surface area contributed by atoms with Crippen molar-refractivity contribution in [2.45, 2.75) is 0 Å². The fourth-order valence-electron chi connectivity index (χ4n) is 1.24. The number of nitrogens with one attached hydrogen (secondary N) is 1. The number of carbonyl (C=O) groups excluding carboxylic acids is 2. The van der Waals surface area contributed by atoms with E-state index in [1.165, 1.54) is 12.1 Å². The van der Waals surface area contributed by atoms with Crippen molar-refractivity contribution in [1.82, 2.24) is 5.32 Å². The minimum Gasteiger partial charge on any atom is -0.482 e. The second-order valence-electron chi connectivity index (χ2n) is 3.51. The van der Waals surface area contributed by atoms with Crippen LogP contribution in [0, 0.1) is 0 Å². The zero-order valence-corrected chi connectivity index (χ0v) is 9.81. The van der Waals surface area contributed by atoms with Crippen LogP contribution in [0.5, 0.6) is 5.75 Å². The highest BCUT2D eigenvalue weighted by Gasteiger charge is 2.08. The van der Waals surface area contributed by atoms with Crippen molar-refractivity contribution in [3.05, 3.63) is 36.4 Å². The maximum atomic E-state index is 11.6. The van der Waals surface area contributed by atoms with Gasteiger partial charge in [-0.3, -0.25) is 9.59 Å². The molecule has 0 bridgehead atoms. The van der Waals surface area contributed by atoms with Crippen molar-refractivity contribution in [2.75, 3.05) is 18.9 Å². The first-order valence-electron chi connectivity index (χ1n) is 5.24. The lowest BCUT2D eigenvalue weighted by Crippen LogP contribution is -2.23. The van der Waals surface area contributed by atoms with Gasteiger partial charge < -0.3 is 21.5 Å². The van der Waals surface area contributed by atoms with Gasteiger partial charge in [-0.1, -0.05) is 6.08 Å². The summed E-state index contributed by atoms with van der Waals surface area (Å²) in [5.74, 6) is -0.542. The highest BCUT2D eigenvalue weighted by Crippen LogP contribution is 2.22. The molecule has 2 amide bonds. The number of amides is 2. The molecule has 0 heterocycles. The topological polar surface area (TPSA) is 107 Å². The van der Waals surface area contributed by atoms with Gasteiger partial charge in [-0.2, -0.15) is 0 Å². The summed E-state index contributed by atoms with van der Waals surface area (Å²) in [6.07, 6.45) is 1.57. The highest BCUT2D eigenvalue weighted by molar-refractivity contribution is 5.95. The first-order valence-corrected chi connectivity index (χ1v) is 5.24. The van der Waals surface area contributed by atoms with Crippen molar-refractivity contribution < 1.29 is 14.3 Å². The number of nitrogen functional groups attached to an aromatic ring is 1. The lowest BCUT2D eigenvalue weighted by molar-refractivity contribution is -0.119. The molecule has 6 nitrogen and oxygen atoms in total. The number of anilines is 1. The second kappa shape index (κ2) is 6.29. The van der Waals surface area contributed by atoms with E-state index < -0.39 is 5.91 Å². The number of hydrogen-bond donors (Lipinski definition) is 3. The Morgan fingerprint density at radius 1 is 1.44 bits per heavy atom. The minimum atomic E-state index is -0.595. The Hall–Kier alpha value is -2.50. The fraction of sp³-hybridized carbons (Fsp3) is 0.167. The third kappa shape index (κ3) is 3.82. The van der Waals surface area contributed by atoms with Gasteiger partial charge in [-0.15, -0.1) is 6.58 Å². The minimum absolute atomic E-state index is 0.258. The standard InChI is InChI=1S/C12H15N3O3/c1-2-5-15-12(17)8-3-4-10(9(13)6-8)18-7-11(14)16/h2-4,6H,1,5,7,13H2,(H2,14,16)(H,15,17). The Balaban J connectivity index is 2.75. The summed E-state index contributed by atoms with van der Waals surface area (Å²) in [5.41, 5.74) is 11.3. The molecular weight excluding hydrogens is 234 g/mol. The molecule has 1 aromatic rings. The number of rotatable bonds is 6. The Bertz CT molecular complexity index is 472. The summed E-state index contributed by atoms with van der Waals surface area (Å²) in [4.78, 5) is 22.2. The number of benzene rings is 1. The largest absolute Gasteiger partial charge is 0.482 e. The molecule has 1 aromatic carbocycles. The molecule has 1 rings (SSSR count). The van der Waals surface area contributed by atoms with Gasteiger partial charge in [0.25, 0.3) is 11.8 Å². The molecule has 0 radical (unpaired) electrons. The van der Waals surface area contributed by atoms with E-state index in [9.17, 15) is 9.59 Å². The predicted octanol–water partition coefficient (Wildman–Crippen LogP) is 0.0487. The maximum Gasteiger partial charge on any atom is 0.255 e. The highest BCUT2D eigenvalue weighted by atomic mass is 16.5. The first kappa shape index (κ1) is 13.6. The average molecular weight is 249 g/mol. The van der Waals surface area contributed by atoms with Crippen LogP contribution >= 0.6 is 0 Å². The number of carbonyl (C=O) groups is 2. The van der Waals surface area contributed by atoms with Crippen LogP contribution in [0.15, 0.2) is 30.9 Å². The lowest BCUT2D eigenvalue weighted by Gasteiger charge is -2.09. The van der Waals surface area contributed by atoms with Crippen LogP contribution in [-0.2, 0) is 4.79 Å². The summed E-state index contributed by atoms with van der Waals surface area (Å²) < 4.78 is 5.07. The summed E-state index contributed by atoms with van der Waals surface area (Å²) >= 11 is 0.